The molecule has 18 heavy (non-hydrogen) atoms. The van der Waals surface area contributed by atoms with E-state index >= 15 is 0 Å². The van der Waals surface area contributed by atoms with Gasteiger partial charge >= 0.3 is 6.03 Å². The molecule has 0 bridgehead atoms. The molecule has 3 heteroatoms. The van der Waals surface area contributed by atoms with Crippen LogP contribution in [0, 0.1) is 0 Å². The first-order valence-electron chi connectivity index (χ1n) is 6.00. The summed E-state index contributed by atoms with van der Waals surface area (Å²) in [5.41, 5.74) is 3.10. The topological polar surface area (TPSA) is 41.1 Å². The normalized spacial score (nSPS) is 9.83. The molecule has 0 aromatic heterocycles. The lowest BCUT2D eigenvalue weighted by molar-refractivity contribution is 0.252. The summed E-state index contributed by atoms with van der Waals surface area (Å²) in [5, 5.41) is 5.46. The fourth-order valence-corrected chi connectivity index (χ4v) is 1.71. The second-order valence-electron chi connectivity index (χ2n) is 3.93. The Kier molecular flexibility index (Phi) is 3.97. The number of rotatable bonds is 3. The fraction of sp³-hybridized carbons (Fsp3) is 0.133. The Bertz CT molecular complexity index is 506. The van der Waals surface area contributed by atoms with Crippen LogP contribution in [0.25, 0.3) is 11.1 Å². The van der Waals surface area contributed by atoms with Crippen LogP contribution in [0.4, 0.5) is 10.5 Å². The molecular weight excluding hydrogens is 224 g/mol. The van der Waals surface area contributed by atoms with E-state index in [4.69, 9.17) is 0 Å². The van der Waals surface area contributed by atoms with E-state index < -0.39 is 0 Å². The molecule has 0 saturated carbocycles. The Morgan fingerprint density at radius 2 is 1.56 bits per heavy atom. The van der Waals surface area contributed by atoms with Crippen LogP contribution in [0.2, 0.25) is 0 Å². The Hall–Kier alpha value is -2.29. The van der Waals surface area contributed by atoms with Gasteiger partial charge in [-0.1, -0.05) is 42.5 Å². The molecule has 92 valence electrons. The molecule has 0 radical (unpaired) electrons. The van der Waals surface area contributed by atoms with Gasteiger partial charge in [0.25, 0.3) is 0 Å². The molecule has 2 rings (SSSR count). The van der Waals surface area contributed by atoms with Crippen LogP contribution in [-0.4, -0.2) is 12.6 Å². The summed E-state index contributed by atoms with van der Waals surface area (Å²) >= 11 is 0. The van der Waals surface area contributed by atoms with Crippen molar-refractivity contribution in [1.82, 2.24) is 5.32 Å². The van der Waals surface area contributed by atoms with E-state index in [0.717, 1.165) is 11.3 Å². The lowest BCUT2D eigenvalue weighted by atomic mass is 10.1. The van der Waals surface area contributed by atoms with E-state index in [9.17, 15) is 4.79 Å². The van der Waals surface area contributed by atoms with E-state index in [1.54, 1.807) is 0 Å². The van der Waals surface area contributed by atoms with Crippen molar-refractivity contribution in [3.63, 3.8) is 0 Å². The highest BCUT2D eigenvalue weighted by Crippen LogP contribution is 2.20. The van der Waals surface area contributed by atoms with Gasteiger partial charge in [-0.2, -0.15) is 0 Å². The minimum absolute atomic E-state index is 0.176. The van der Waals surface area contributed by atoms with Crippen molar-refractivity contribution in [3.8, 4) is 11.1 Å². The second-order valence-corrected chi connectivity index (χ2v) is 3.93. The zero-order valence-corrected chi connectivity index (χ0v) is 10.3. The van der Waals surface area contributed by atoms with Crippen LogP contribution in [0.5, 0.6) is 0 Å². The molecule has 2 amide bonds. The average Bonchev–Trinajstić information content (AvgIpc) is 2.41. The standard InChI is InChI=1S/C15H16N2O/c1-2-16-15(18)17-14-10-8-13(9-11-14)12-6-4-3-5-7-12/h3-11H,2H2,1H3,(H2,16,17,18). The first-order valence-corrected chi connectivity index (χ1v) is 6.00. The van der Waals surface area contributed by atoms with E-state index in [1.807, 2.05) is 49.4 Å². The maximum atomic E-state index is 11.3. The van der Waals surface area contributed by atoms with Gasteiger partial charge in [0.2, 0.25) is 0 Å². The highest BCUT2D eigenvalue weighted by atomic mass is 16.2. The highest BCUT2D eigenvalue weighted by molar-refractivity contribution is 5.89. The fourth-order valence-electron chi connectivity index (χ4n) is 1.71. The van der Waals surface area contributed by atoms with Gasteiger partial charge in [0, 0.05) is 12.2 Å². The molecule has 2 N–H and O–H groups in total. The minimum Gasteiger partial charge on any atom is -0.338 e. The van der Waals surface area contributed by atoms with Gasteiger partial charge in [-0.25, -0.2) is 4.79 Å². The Labute approximate surface area is 107 Å². The maximum Gasteiger partial charge on any atom is 0.319 e. The molecule has 0 aliphatic heterocycles. The minimum atomic E-state index is -0.176. The molecular formula is C15H16N2O. The lowest BCUT2D eigenvalue weighted by Crippen LogP contribution is -2.28. The van der Waals surface area contributed by atoms with Crippen molar-refractivity contribution in [2.75, 3.05) is 11.9 Å². The van der Waals surface area contributed by atoms with Gasteiger partial charge in [-0.15, -0.1) is 0 Å². The number of nitrogens with one attached hydrogen (secondary N) is 2. The first-order chi connectivity index (χ1) is 8.79. The van der Waals surface area contributed by atoms with Gasteiger partial charge in [0.15, 0.2) is 0 Å². The smallest absolute Gasteiger partial charge is 0.319 e. The van der Waals surface area contributed by atoms with E-state index in [0.29, 0.717) is 6.54 Å². The summed E-state index contributed by atoms with van der Waals surface area (Å²) in [5.74, 6) is 0. The van der Waals surface area contributed by atoms with Crippen molar-refractivity contribution in [2.45, 2.75) is 6.92 Å². The molecule has 0 aliphatic carbocycles. The molecule has 0 spiro atoms. The number of anilines is 1. The van der Waals surface area contributed by atoms with Crippen LogP contribution in [0.15, 0.2) is 54.6 Å². The van der Waals surface area contributed by atoms with Crippen LogP contribution in [0.1, 0.15) is 6.92 Å². The number of benzene rings is 2. The number of hydrogen-bond donors (Lipinski definition) is 2. The van der Waals surface area contributed by atoms with Crippen molar-refractivity contribution >= 4 is 11.7 Å². The molecule has 0 atom stereocenters. The quantitative estimate of drug-likeness (QED) is 0.847. The van der Waals surface area contributed by atoms with Gasteiger partial charge in [0.05, 0.1) is 0 Å². The Balaban J connectivity index is 2.09. The van der Waals surface area contributed by atoms with Crippen LogP contribution < -0.4 is 10.6 Å². The van der Waals surface area contributed by atoms with Gasteiger partial charge < -0.3 is 10.6 Å². The monoisotopic (exact) mass is 240 g/mol. The van der Waals surface area contributed by atoms with Gasteiger partial charge in [-0.3, -0.25) is 0 Å². The molecule has 2 aromatic carbocycles. The third kappa shape index (κ3) is 3.10. The van der Waals surface area contributed by atoms with Crippen molar-refractivity contribution in [2.24, 2.45) is 0 Å². The van der Waals surface area contributed by atoms with E-state index in [-0.39, 0.29) is 6.03 Å². The Morgan fingerprint density at radius 3 is 2.17 bits per heavy atom. The zero-order chi connectivity index (χ0) is 12.8. The van der Waals surface area contributed by atoms with Crippen LogP contribution >= 0.6 is 0 Å². The van der Waals surface area contributed by atoms with Gasteiger partial charge in [0.1, 0.15) is 0 Å². The van der Waals surface area contributed by atoms with Crippen molar-refractivity contribution in [1.29, 1.82) is 0 Å². The molecule has 3 nitrogen and oxygen atoms in total. The summed E-state index contributed by atoms with van der Waals surface area (Å²) in [6.45, 7) is 2.51. The SMILES string of the molecule is CCNC(=O)Nc1ccc(-c2ccccc2)cc1. The summed E-state index contributed by atoms with van der Waals surface area (Å²) in [7, 11) is 0. The molecule has 2 aromatic rings. The van der Waals surface area contributed by atoms with Gasteiger partial charge in [-0.05, 0) is 30.2 Å². The summed E-state index contributed by atoms with van der Waals surface area (Å²) < 4.78 is 0. The number of hydrogen-bond acceptors (Lipinski definition) is 1. The number of carbonyl (C=O) groups excluding carboxylic acids is 1. The van der Waals surface area contributed by atoms with E-state index in [2.05, 4.69) is 22.8 Å². The predicted molar refractivity (Wildman–Crippen MR) is 74.6 cm³/mol. The average molecular weight is 240 g/mol. The van der Waals surface area contributed by atoms with Crippen molar-refractivity contribution in [3.05, 3.63) is 54.6 Å². The van der Waals surface area contributed by atoms with Crippen molar-refractivity contribution < 1.29 is 4.79 Å². The zero-order valence-electron chi connectivity index (χ0n) is 10.3. The molecule has 0 unspecified atom stereocenters. The molecule has 0 aliphatic rings. The first kappa shape index (κ1) is 12.2. The summed E-state index contributed by atoms with van der Waals surface area (Å²) in [4.78, 5) is 11.3. The third-order valence-corrected chi connectivity index (χ3v) is 2.59. The van der Waals surface area contributed by atoms with E-state index in [1.165, 1.54) is 5.56 Å². The number of urea groups is 1. The Morgan fingerprint density at radius 1 is 0.944 bits per heavy atom. The maximum absolute atomic E-state index is 11.3. The molecule has 0 heterocycles. The molecule has 0 saturated heterocycles. The van der Waals surface area contributed by atoms with Crippen LogP contribution in [-0.2, 0) is 0 Å². The number of amides is 2. The largest absolute Gasteiger partial charge is 0.338 e. The summed E-state index contributed by atoms with van der Waals surface area (Å²) in [6, 6.07) is 17.8. The summed E-state index contributed by atoms with van der Waals surface area (Å²) in [6.07, 6.45) is 0. The third-order valence-electron chi connectivity index (χ3n) is 2.59. The molecule has 0 fully saturated rings. The number of carbonyl (C=O) groups is 1. The highest BCUT2D eigenvalue weighted by Gasteiger charge is 2.00. The van der Waals surface area contributed by atoms with Crippen LogP contribution in [0.3, 0.4) is 0 Å². The second kappa shape index (κ2) is 5.87. The lowest BCUT2D eigenvalue weighted by Gasteiger charge is -2.07. The predicted octanol–water partition coefficient (Wildman–Crippen LogP) is 3.50.